The first-order chi connectivity index (χ1) is 16.2. The Kier molecular flexibility index (Phi) is 6.00. The smallest absolute Gasteiger partial charge is 0.279 e. The number of amides is 1. The molecule has 33 heavy (non-hydrogen) atoms. The van der Waals surface area contributed by atoms with Crippen LogP contribution in [0.25, 0.3) is 16.5 Å². The Labute approximate surface area is 192 Å². The van der Waals surface area contributed by atoms with Crippen LogP contribution in [0.4, 0.5) is 0 Å². The van der Waals surface area contributed by atoms with Crippen LogP contribution in [0.15, 0.2) is 89.7 Å². The highest BCUT2D eigenvalue weighted by atomic mass is 16.2. The second-order valence-corrected chi connectivity index (χ2v) is 8.33. The molecule has 0 saturated carbocycles. The quantitative estimate of drug-likeness (QED) is 0.495. The third-order valence-corrected chi connectivity index (χ3v) is 6.24. The predicted molar refractivity (Wildman–Crippen MR) is 130 cm³/mol. The number of para-hydroxylation sites is 1. The second kappa shape index (κ2) is 9.38. The van der Waals surface area contributed by atoms with Gasteiger partial charge in [0.2, 0.25) is 0 Å². The normalized spacial score (nSPS) is 14.9. The van der Waals surface area contributed by atoms with E-state index in [-0.39, 0.29) is 23.2 Å². The molecule has 1 aromatic heterocycles. The summed E-state index contributed by atoms with van der Waals surface area (Å²) in [5, 5.41) is 8.64. The summed E-state index contributed by atoms with van der Waals surface area (Å²) in [6, 6.07) is 26.7. The third-order valence-electron chi connectivity index (χ3n) is 6.24. The second-order valence-electron chi connectivity index (χ2n) is 8.33. The summed E-state index contributed by atoms with van der Waals surface area (Å²) in [4.78, 5) is 28.9. The first kappa shape index (κ1) is 21.1. The Morgan fingerprint density at radius 1 is 0.848 bits per heavy atom. The van der Waals surface area contributed by atoms with E-state index in [0.717, 1.165) is 13.1 Å². The zero-order chi connectivity index (χ0) is 22.6. The first-order valence-corrected chi connectivity index (χ1v) is 11.4. The molecule has 4 aromatic rings. The van der Waals surface area contributed by atoms with E-state index in [4.69, 9.17) is 0 Å². The molecule has 0 aliphatic carbocycles. The molecule has 0 unspecified atom stereocenters. The molecule has 6 heteroatoms. The predicted octanol–water partition coefficient (Wildman–Crippen LogP) is 3.95. The first-order valence-electron chi connectivity index (χ1n) is 11.4. The van der Waals surface area contributed by atoms with Gasteiger partial charge in [-0.1, -0.05) is 66.7 Å². The summed E-state index contributed by atoms with van der Waals surface area (Å²) in [5.41, 5.74) is 1.82. The van der Waals surface area contributed by atoms with Crippen molar-refractivity contribution in [3.63, 3.8) is 0 Å². The largest absolute Gasteiger partial charge is 0.349 e. The average molecular weight is 439 g/mol. The number of aromatic nitrogens is 2. The number of likely N-dealkylation sites (tertiary alicyclic amines) is 1. The van der Waals surface area contributed by atoms with Gasteiger partial charge in [0.15, 0.2) is 5.69 Å². The average Bonchev–Trinajstić information content (AvgIpc) is 3.40. The fraction of sp³-hybridized carbons (Fsp3) is 0.222. The van der Waals surface area contributed by atoms with Gasteiger partial charge < -0.3 is 5.32 Å². The summed E-state index contributed by atoms with van der Waals surface area (Å²) in [7, 11) is 0. The van der Waals surface area contributed by atoms with Crippen LogP contribution in [-0.2, 0) is 0 Å². The minimum atomic E-state index is -0.281. The van der Waals surface area contributed by atoms with Crippen molar-refractivity contribution in [2.45, 2.75) is 18.9 Å². The summed E-state index contributed by atoms with van der Waals surface area (Å²) in [6.07, 6.45) is 2.34. The van der Waals surface area contributed by atoms with Crippen molar-refractivity contribution < 1.29 is 4.79 Å². The minimum Gasteiger partial charge on any atom is -0.349 e. The Hall–Kier alpha value is -3.77. The van der Waals surface area contributed by atoms with Gasteiger partial charge in [-0.05, 0) is 49.7 Å². The summed E-state index contributed by atoms with van der Waals surface area (Å²) < 4.78 is 1.31. The fourth-order valence-electron chi connectivity index (χ4n) is 4.56. The lowest BCUT2D eigenvalue weighted by Crippen LogP contribution is -2.38. The molecule has 1 aliphatic heterocycles. The van der Waals surface area contributed by atoms with Gasteiger partial charge in [-0.3, -0.25) is 14.5 Å². The van der Waals surface area contributed by atoms with E-state index in [0.29, 0.717) is 23.0 Å². The molecule has 1 fully saturated rings. The number of carbonyl (C=O) groups excluding carboxylic acids is 1. The van der Waals surface area contributed by atoms with Crippen LogP contribution in [0.3, 0.4) is 0 Å². The Morgan fingerprint density at radius 2 is 1.45 bits per heavy atom. The van der Waals surface area contributed by atoms with E-state index in [1.807, 2.05) is 54.6 Å². The van der Waals surface area contributed by atoms with Crippen LogP contribution >= 0.6 is 0 Å². The van der Waals surface area contributed by atoms with Crippen LogP contribution in [0.5, 0.6) is 0 Å². The van der Waals surface area contributed by atoms with Crippen LogP contribution in [-0.4, -0.2) is 40.2 Å². The third kappa shape index (κ3) is 4.30. The number of nitrogens with one attached hydrogen (secondary N) is 1. The molecule has 0 radical (unpaired) electrons. The zero-order valence-electron chi connectivity index (χ0n) is 18.4. The fourth-order valence-corrected chi connectivity index (χ4v) is 4.56. The van der Waals surface area contributed by atoms with Gasteiger partial charge in [0.05, 0.1) is 17.1 Å². The maximum absolute atomic E-state index is 13.4. The van der Waals surface area contributed by atoms with Gasteiger partial charge in [0.25, 0.3) is 11.5 Å². The lowest BCUT2D eigenvalue weighted by Gasteiger charge is -2.28. The molecule has 0 spiro atoms. The zero-order valence-corrected chi connectivity index (χ0v) is 18.4. The molecule has 0 bridgehead atoms. The Morgan fingerprint density at radius 3 is 2.15 bits per heavy atom. The van der Waals surface area contributed by atoms with Gasteiger partial charge in [-0.25, -0.2) is 0 Å². The highest BCUT2D eigenvalue weighted by Gasteiger charge is 2.25. The molecule has 166 valence electrons. The summed E-state index contributed by atoms with van der Waals surface area (Å²) >= 11 is 0. The molecule has 5 rings (SSSR count). The van der Waals surface area contributed by atoms with Crippen molar-refractivity contribution in [3.8, 4) is 5.69 Å². The van der Waals surface area contributed by atoms with E-state index in [1.54, 1.807) is 18.2 Å². The Bertz CT molecular complexity index is 1310. The van der Waals surface area contributed by atoms with Gasteiger partial charge >= 0.3 is 0 Å². The van der Waals surface area contributed by atoms with E-state index in [2.05, 4.69) is 27.4 Å². The monoisotopic (exact) mass is 438 g/mol. The van der Waals surface area contributed by atoms with Gasteiger partial charge in [-0.2, -0.15) is 9.78 Å². The van der Waals surface area contributed by atoms with Gasteiger partial charge in [0, 0.05) is 11.9 Å². The lowest BCUT2D eigenvalue weighted by molar-refractivity contribution is 0.0933. The van der Waals surface area contributed by atoms with E-state index in [1.165, 1.54) is 23.1 Å². The van der Waals surface area contributed by atoms with Crippen molar-refractivity contribution in [1.82, 2.24) is 20.0 Å². The number of hydrogen-bond acceptors (Lipinski definition) is 4. The maximum atomic E-state index is 13.4. The molecule has 1 atom stereocenters. The number of hydrogen-bond donors (Lipinski definition) is 1. The van der Waals surface area contributed by atoms with Crippen molar-refractivity contribution in [2.24, 2.45) is 0 Å². The van der Waals surface area contributed by atoms with Crippen LogP contribution < -0.4 is 10.9 Å². The SMILES string of the molecule is O=C(NC[C@H](c1ccccc1)N1CCCC1)c1nn(-c2ccccc2)c(=O)c2ccccc12. The molecule has 1 aliphatic rings. The van der Waals surface area contributed by atoms with Crippen molar-refractivity contribution in [1.29, 1.82) is 0 Å². The van der Waals surface area contributed by atoms with E-state index < -0.39 is 0 Å². The van der Waals surface area contributed by atoms with Gasteiger partial charge in [-0.15, -0.1) is 0 Å². The Balaban J connectivity index is 1.49. The number of fused-ring (bicyclic) bond motifs is 1. The molecule has 1 N–H and O–H groups in total. The van der Waals surface area contributed by atoms with Crippen LogP contribution in [0.1, 0.15) is 34.9 Å². The lowest BCUT2D eigenvalue weighted by atomic mass is 10.1. The van der Waals surface area contributed by atoms with Crippen molar-refractivity contribution in [2.75, 3.05) is 19.6 Å². The van der Waals surface area contributed by atoms with Crippen LogP contribution in [0, 0.1) is 0 Å². The topological polar surface area (TPSA) is 67.2 Å². The molecule has 3 aromatic carbocycles. The standard InChI is InChI=1S/C27H26N4O2/c32-26(28-19-24(30-17-9-10-18-30)20-11-3-1-4-12-20)25-22-15-7-8-16-23(22)27(33)31(29-25)21-13-5-2-6-14-21/h1-8,11-16,24H,9-10,17-19H2,(H,28,32)/t24-/m1/s1. The highest BCUT2D eigenvalue weighted by Crippen LogP contribution is 2.24. The molecular formula is C27H26N4O2. The van der Waals surface area contributed by atoms with E-state index in [9.17, 15) is 9.59 Å². The summed E-state index contributed by atoms with van der Waals surface area (Å²) in [6.45, 7) is 2.52. The highest BCUT2D eigenvalue weighted by molar-refractivity contribution is 6.04. The number of carbonyl (C=O) groups is 1. The molecule has 1 amide bonds. The number of rotatable bonds is 6. The van der Waals surface area contributed by atoms with Crippen molar-refractivity contribution in [3.05, 3.63) is 107 Å². The summed E-state index contributed by atoms with van der Waals surface area (Å²) in [5.74, 6) is -0.281. The molecule has 1 saturated heterocycles. The molecule has 6 nitrogen and oxygen atoms in total. The molecule has 2 heterocycles. The van der Waals surface area contributed by atoms with E-state index >= 15 is 0 Å². The van der Waals surface area contributed by atoms with Gasteiger partial charge in [0.1, 0.15) is 0 Å². The number of nitrogens with zero attached hydrogens (tertiary/aromatic N) is 3. The minimum absolute atomic E-state index is 0.101. The van der Waals surface area contributed by atoms with Crippen LogP contribution in [0.2, 0.25) is 0 Å². The van der Waals surface area contributed by atoms with Crippen molar-refractivity contribution >= 4 is 16.7 Å². The maximum Gasteiger partial charge on any atom is 0.279 e. The number of benzene rings is 3. The molecular weight excluding hydrogens is 412 g/mol.